The van der Waals surface area contributed by atoms with E-state index < -0.39 is 5.97 Å². The number of rotatable bonds is 5. The predicted molar refractivity (Wildman–Crippen MR) is 119 cm³/mol. The fourth-order valence-electron chi connectivity index (χ4n) is 3.08. The summed E-state index contributed by atoms with van der Waals surface area (Å²) in [6, 6.07) is 11.0. The molecule has 0 unspecified atom stereocenters. The first-order valence-corrected chi connectivity index (χ1v) is 9.70. The zero-order chi connectivity index (χ0) is 21.1. The lowest BCUT2D eigenvalue weighted by Gasteiger charge is -2.13. The van der Waals surface area contributed by atoms with Crippen LogP contribution < -0.4 is 0 Å². The maximum atomic E-state index is 11.3. The maximum Gasteiger partial charge on any atom is 0.335 e. The highest BCUT2D eigenvalue weighted by molar-refractivity contribution is 6.32. The van der Waals surface area contributed by atoms with E-state index in [1.807, 2.05) is 25.1 Å². The molecule has 4 nitrogen and oxygen atoms in total. The van der Waals surface area contributed by atoms with Crippen molar-refractivity contribution < 1.29 is 9.90 Å². The summed E-state index contributed by atoms with van der Waals surface area (Å²) in [4.78, 5) is 16.0. The lowest BCUT2D eigenvalue weighted by molar-refractivity contribution is 0.0697. The molecule has 0 atom stereocenters. The molecular weight excluding hydrogens is 384 g/mol. The van der Waals surface area contributed by atoms with Crippen molar-refractivity contribution in [3.63, 3.8) is 0 Å². The zero-order valence-corrected chi connectivity index (χ0v) is 17.7. The van der Waals surface area contributed by atoms with Gasteiger partial charge in [-0.2, -0.15) is 0 Å². The van der Waals surface area contributed by atoms with Gasteiger partial charge in [0.2, 0.25) is 0 Å². The number of fused-ring (bicyclic) bond motifs is 1. The van der Waals surface area contributed by atoms with Gasteiger partial charge in [-0.15, -0.1) is 0 Å². The van der Waals surface area contributed by atoms with E-state index in [0.717, 1.165) is 22.3 Å². The fourth-order valence-corrected chi connectivity index (χ4v) is 3.37. The van der Waals surface area contributed by atoms with Gasteiger partial charge >= 0.3 is 5.97 Å². The van der Waals surface area contributed by atoms with Gasteiger partial charge in [0.05, 0.1) is 5.56 Å². The molecule has 29 heavy (non-hydrogen) atoms. The molecule has 0 amide bonds. The molecule has 1 aromatic carbocycles. The van der Waals surface area contributed by atoms with Crippen LogP contribution in [0.3, 0.4) is 0 Å². The normalized spacial score (nSPS) is 12.3. The molecule has 0 saturated heterocycles. The molecule has 0 aliphatic rings. The average Bonchev–Trinajstić information content (AvgIpc) is 3.03. The summed E-state index contributed by atoms with van der Waals surface area (Å²) >= 11 is 6.65. The zero-order valence-electron chi connectivity index (χ0n) is 16.9. The lowest BCUT2D eigenvalue weighted by atomic mass is 9.92. The Morgan fingerprint density at radius 2 is 1.86 bits per heavy atom. The van der Waals surface area contributed by atoms with Crippen LogP contribution in [0.1, 0.15) is 43.6 Å². The molecule has 0 bridgehead atoms. The first-order chi connectivity index (χ1) is 13.8. The van der Waals surface area contributed by atoms with Crippen LogP contribution in [0.4, 0.5) is 0 Å². The van der Waals surface area contributed by atoms with Gasteiger partial charge in [-0.3, -0.25) is 4.40 Å². The Morgan fingerprint density at radius 1 is 1.14 bits per heavy atom. The summed E-state index contributed by atoms with van der Waals surface area (Å²) in [7, 11) is 0. The van der Waals surface area contributed by atoms with E-state index in [4.69, 9.17) is 11.6 Å². The number of aromatic carboxylic acids is 1. The molecule has 0 spiro atoms. The maximum absolute atomic E-state index is 11.3. The summed E-state index contributed by atoms with van der Waals surface area (Å²) in [5.41, 5.74) is 6.64. The first-order valence-electron chi connectivity index (χ1n) is 9.32. The van der Waals surface area contributed by atoms with Gasteiger partial charge in [0.25, 0.3) is 0 Å². The van der Waals surface area contributed by atoms with Gasteiger partial charge in [0.15, 0.2) is 0 Å². The van der Waals surface area contributed by atoms with Gasteiger partial charge in [-0.05, 0) is 56.5 Å². The van der Waals surface area contributed by atoms with E-state index >= 15 is 0 Å². The lowest BCUT2D eigenvalue weighted by Crippen LogP contribution is -1.97. The number of benzene rings is 1. The van der Waals surface area contributed by atoms with Crippen molar-refractivity contribution in [1.29, 1.82) is 0 Å². The highest BCUT2D eigenvalue weighted by atomic mass is 35.5. The second kappa shape index (κ2) is 8.50. The number of aromatic nitrogens is 2. The van der Waals surface area contributed by atoms with Crippen molar-refractivity contribution in [2.75, 3.05) is 0 Å². The van der Waals surface area contributed by atoms with Crippen molar-refractivity contribution in [2.45, 2.75) is 27.7 Å². The van der Waals surface area contributed by atoms with E-state index in [1.54, 1.807) is 10.6 Å². The summed E-state index contributed by atoms with van der Waals surface area (Å²) in [6.07, 6.45) is 7.91. The largest absolute Gasteiger partial charge is 0.478 e. The molecule has 1 N–H and O–H groups in total. The Morgan fingerprint density at radius 3 is 2.52 bits per heavy atom. The number of carboxylic acids is 1. The van der Waals surface area contributed by atoms with Crippen LogP contribution in [-0.2, 0) is 0 Å². The summed E-state index contributed by atoms with van der Waals surface area (Å²) in [6.45, 7) is 8.21. The van der Waals surface area contributed by atoms with E-state index in [2.05, 4.69) is 50.0 Å². The highest BCUT2D eigenvalue weighted by Gasteiger charge is 2.18. The molecular formula is C24H23ClN2O2. The third-order valence-electron chi connectivity index (χ3n) is 4.73. The molecule has 0 fully saturated rings. The van der Waals surface area contributed by atoms with E-state index in [-0.39, 0.29) is 5.56 Å². The topological polar surface area (TPSA) is 54.6 Å². The number of carboxylic acid groups (broad SMARTS) is 1. The Bertz CT molecular complexity index is 1180. The third kappa shape index (κ3) is 4.17. The number of allylic oxidation sites excluding steroid dienone is 6. The molecule has 2 aromatic heterocycles. The molecule has 3 rings (SSSR count). The number of carbonyl (C=O) groups is 1. The number of halogens is 1. The van der Waals surface area contributed by atoms with Crippen molar-refractivity contribution >= 4 is 28.8 Å². The average molecular weight is 407 g/mol. The molecule has 0 radical (unpaired) electrons. The van der Waals surface area contributed by atoms with Crippen molar-refractivity contribution in [3.05, 3.63) is 88.2 Å². The van der Waals surface area contributed by atoms with Gasteiger partial charge in [-0.25, -0.2) is 9.78 Å². The summed E-state index contributed by atoms with van der Waals surface area (Å²) in [5.74, 6) is -0.996. The fraction of sp³-hybridized carbons (Fsp3) is 0.167. The monoisotopic (exact) mass is 406 g/mol. The molecule has 0 saturated carbocycles. The van der Waals surface area contributed by atoms with Crippen molar-refractivity contribution in [3.8, 4) is 11.3 Å². The van der Waals surface area contributed by atoms with Crippen molar-refractivity contribution in [1.82, 2.24) is 9.38 Å². The summed E-state index contributed by atoms with van der Waals surface area (Å²) in [5, 5.41) is 9.71. The highest BCUT2D eigenvalue weighted by Crippen LogP contribution is 2.36. The Hall–Kier alpha value is -3.11. The second-order valence-electron chi connectivity index (χ2n) is 7.04. The Balaban J connectivity index is 2.26. The van der Waals surface area contributed by atoms with Gasteiger partial charge in [0.1, 0.15) is 16.5 Å². The molecule has 148 valence electrons. The summed E-state index contributed by atoms with van der Waals surface area (Å²) < 4.78 is 1.70. The van der Waals surface area contributed by atoms with Crippen LogP contribution >= 0.6 is 11.6 Å². The van der Waals surface area contributed by atoms with Crippen LogP contribution in [-0.4, -0.2) is 20.5 Å². The molecule has 2 heterocycles. The first kappa shape index (κ1) is 20.6. The van der Waals surface area contributed by atoms with E-state index in [1.165, 1.54) is 17.7 Å². The minimum Gasteiger partial charge on any atom is -0.478 e. The van der Waals surface area contributed by atoms with Crippen LogP contribution in [0, 0.1) is 0 Å². The van der Waals surface area contributed by atoms with E-state index in [9.17, 15) is 9.90 Å². The SMILES string of the molecule is C/C=C(C)\C(=C/C=C(C)C)c1ccccc1-c1nc2cc(C(=O)O)ccn2c1Cl. The van der Waals surface area contributed by atoms with Crippen LogP contribution in [0.5, 0.6) is 0 Å². The molecule has 0 aliphatic carbocycles. The number of imidazole rings is 1. The van der Waals surface area contributed by atoms with Crippen LogP contribution in [0.2, 0.25) is 5.15 Å². The van der Waals surface area contributed by atoms with Gasteiger partial charge in [-0.1, -0.05) is 59.7 Å². The standard InChI is InChI=1S/C24H23ClN2O2/c1-5-16(4)18(11-10-15(2)3)19-8-6-7-9-20(19)22-23(25)27-13-12-17(24(28)29)14-21(27)26-22/h5-14H,1-4H3,(H,28,29)/b16-5-,18-11+. The smallest absolute Gasteiger partial charge is 0.335 e. The molecule has 3 aromatic rings. The Labute approximate surface area is 175 Å². The molecule has 5 heteroatoms. The predicted octanol–water partition coefficient (Wildman–Crippen LogP) is 6.67. The van der Waals surface area contributed by atoms with Crippen molar-refractivity contribution in [2.24, 2.45) is 0 Å². The Kier molecular flexibility index (Phi) is 6.04. The molecule has 0 aliphatic heterocycles. The minimum absolute atomic E-state index is 0.174. The number of pyridine rings is 1. The third-order valence-corrected chi connectivity index (χ3v) is 5.09. The van der Waals surface area contributed by atoms with Gasteiger partial charge in [0, 0.05) is 11.8 Å². The number of hydrogen-bond donors (Lipinski definition) is 1. The minimum atomic E-state index is -0.996. The number of nitrogens with zero attached hydrogens (tertiary/aromatic N) is 2. The van der Waals surface area contributed by atoms with Crippen LogP contribution in [0.15, 0.2) is 72.0 Å². The second-order valence-corrected chi connectivity index (χ2v) is 7.40. The van der Waals surface area contributed by atoms with Crippen LogP contribution in [0.25, 0.3) is 22.5 Å². The van der Waals surface area contributed by atoms with Gasteiger partial charge < -0.3 is 5.11 Å². The number of hydrogen-bond acceptors (Lipinski definition) is 2. The van der Waals surface area contributed by atoms with E-state index in [0.29, 0.717) is 16.5 Å². The quantitative estimate of drug-likeness (QED) is 0.481.